The lowest BCUT2D eigenvalue weighted by Crippen LogP contribution is -2.37. The number of hydrogen-bond donors (Lipinski definition) is 1. The van der Waals surface area contributed by atoms with E-state index in [-0.39, 0.29) is 10.6 Å². The van der Waals surface area contributed by atoms with Crippen molar-refractivity contribution in [2.45, 2.75) is 17.9 Å². The summed E-state index contributed by atoms with van der Waals surface area (Å²) in [4.78, 5) is 0.0883. The first kappa shape index (κ1) is 15.6. The van der Waals surface area contributed by atoms with Gasteiger partial charge in [-0.2, -0.15) is 0 Å². The smallest absolute Gasteiger partial charge is 0.229 e. The third kappa shape index (κ3) is 4.68. The minimum Gasteiger partial charge on any atom is -0.229 e. The summed E-state index contributed by atoms with van der Waals surface area (Å²) < 4.78 is 49.0. The van der Waals surface area contributed by atoms with Gasteiger partial charge < -0.3 is 0 Å². The SMILES string of the molecule is CC(CS(C)(=O)=O)NS(=O)(=O)c1ccccc1Br. The minimum absolute atomic E-state index is 0.0883. The van der Waals surface area contributed by atoms with Crippen molar-refractivity contribution in [1.29, 1.82) is 0 Å². The van der Waals surface area contributed by atoms with Crippen LogP contribution in [0.25, 0.3) is 0 Å². The van der Waals surface area contributed by atoms with Crippen LogP contribution in [0.15, 0.2) is 33.6 Å². The van der Waals surface area contributed by atoms with E-state index in [4.69, 9.17) is 0 Å². The molecule has 0 aromatic heterocycles. The maximum atomic E-state index is 12.0. The first-order valence-electron chi connectivity index (χ1n) is 5.06. The molecule has 0 saturated heterocycles. The summed E-state index contributed by atoms with van der Waals surface area (Å²) in [5, 5.41) is 0. The number of halogens is 1. The summed E-state index contributed by atoms with van der Waals surface area (Å²) in [7, 11) is -6.95. The second-order valence-electron chi connectivity index (χ2n) is 4.05. The normalized spacial score (nSPS) is 14.4. The van der Waals surface area contributed by atoms with Gasteiger partial charge in [0.2, 0.25) is 10.0 Å². The molecule has 0 radical (unpaired) electrons. The van der Waals surface area contributed by atoms with Gasteiger partial charge in [0.1, 0.15) is 9.84 Å². The van der Waals surface area contributed by atoms with E-state index < -0.39 is 25.9 Å². The van der Waals surface area contributed by atoms with Crippen LogP contribution in [0, 0.1) is 0 Å². The lowest BCUT2D eigenvalue weighted by atomic mass is 10.4. The number of rotatable bonds is 5. The number of hydrogen-bond acceptors (Lipinski definition) is 4. The van der Waals surface area contributed by atoms with Crippen molar-refractivity contribution in [1.82, 2.24) is 4.72 Å². The first-order chi connectivity index (χ1) is 8.12. The molecule has 1 N–H and O–H groups in total. The van der Waals surface area contributed by atoms with Crippen molar-refractivity contribution in [2.75, 3.05) is 12.0 Å². The molecule has 8 heteroatoms. The highest BCUT2D eigenvalue weighted by molar-refractivity contribution is 9.10. The van der Waals surface area contributed by atoms with Crippen molar-refractivity contribution in [3.8, 4) is 0 Å². The Morgan fingerprint density at radius 2 is 1.78 bits per heavy atom. The molecule has 0 aliphatic rings. The molecule has 0 saturated carbocycles. The first-order valence-corrected chi connectivity index (χ1v) is 9.40. The van der Waals surface area contributed by atoms with Gasteiger partial charge in [-0.3, -0.25) is 0 Å². The molecule has 1 rings (SSSR count). The maximum absolute atomic E-state index is 12.0. The summed E-state index contributed by atoms with van der Waals surface area (Å²) >= 11 is 3.15. The zero-order chi connectivity index (χ0) is 14.0. The number of benzene rings is 1. The fourth-order valence-electron chi connectivity index (χ4n) is 1.48. The highest BCUT2D eigenvalue weighted by Gasteiger charge is 2.21. The van der Waals surface area contributed by atoms with E-state index >= 15 is 0 Å². The van der Waals surface area contributed by atoms with Crippen molar-refractivity contribution in [3.05, 3.63) is 28.7 Å². The molecule has 5 nitrogen and oxygen atoms in total. The zero-order valence-corrected chi connectivity index (χ0v) is 13.1. The number of sulfonamides is 1. The van der Waals surface area contributed by atoms with Crippen LogP contribution in [0.5, 0.6) is 0 Å². The van der Waals surface area contributed by atoms with Crippen LogP contribution in [0.3, 0.4) is 0 Å². The van der Waals surface area contributed by atoms with Gasteiger partial charge in [0.25, 0.3) is 0 Å². The van der Waals surface area contributed by atoms with Crippen molar-refractivity contribution >= 4 is 35.8 Å². The Hall–Kier alpha value is -0.440. The van der Waals surface area contributed by atoms with Gasteiger partial charge in [0.15, 0.2) is 0 Å². The van der Waals surface area contributed by atoms with Gasteiger partial charge in [0, 0.05) is 16.8 Å². The molecule has 0 bridgehead atoms. The Morgan fingerprint density at radius 3 is 2.28 bits per heavy atom. The zero-order valence-electron chi connectivity index (χ0n) is 9.92. The highest BCUT2D eigenvalue weighted by Crippen LogP contribution is 2.21. The van der Waals surface area contributed by atoms with Crippen LogP contribution >= 0.6 is 15.9 Å². The summed E-state index contributed by atoms with van der Waals surface area (Å²) in [5.74, 6) is -0.239. The highest BCUT2D eigenvalue weighted by atomic mass is 79.9. The Kier molecular flexibility index (Phi) is 4.93. The molecule has 1 aromatic carbocycles. The van der Waals surface area contributed by atoms with E-state index in [0.717, 1.165) is 6.26 Å². The number of sulfone groups is 1. The van der Waals surface area contributed by atoms with E-state index in [9.17, 15) is 16.8 Å². The van der Waals surface area contributed by atoms with Crippen LogP contribution in [0.2, 0.25) is 0 Å². The predicted molar refractivity (Wildman–Crippen MR) is 73.6 cm³/mol. The molecule has 0 aliphatic carbocycles. The minimum atomic E-state index is -3.72. The fraction of sp³-hybridized carbons (Fsp3) is 0.400. The van der Waals surface area contributed by atoms with Crippen molar-refractivity contribution < 1.29 is 16.8 Å². The van der Waals surface area contributed by atoms with E-state index in [1.165, 1.54) is 13.0 Å². The third-order valence-corrected chi connectivity index (χ3v) is 5.74. The number of nitrogens with one attached hydrogen (secondary N) is 1. The predicted octanol–water partition coefficient (Wildman–Crippen LogP) is 1.16. The summed E-state index contributed by atoms with van der Waals surface area (Å²) in [6, 6.07) is 5.66. The summed E-state index contributed by atoms with van der Waals surface area (Å²) in [6.07, 6.45) is 1.07. The molecule has 0 spiro atoms. The Morgan fingerprint density at radius 1 is 1.22 bits per heavy atom. The summed E-state index contributed by atoms with van der Waals surface area (Å²) in [5.41, 5.74) is 0. The molecule has 0 fully saturated rings. The molecular weight excluding hydrogens is 342 g/mol. The van der Waals surface area contributed by atoms with Crippen LogP contribution in [-0.4, -0.2) is 34.9 Å². The van der Waals surface area contributed by atoms with E-state index in [1.54, 1.807) is 18.2 Å². The van der Waals surface area contributed by atoms with Gasteiger partial charge in [0.05, 0.1) is 10.6 Å². The van der Waals surface area contributed by atoms with Gasteiger partial charge in [-0.15, -0.1) is 0 Å². The molecule has 18 heavy (non-hydrogen) atoms. The molecule has 0 heterocycles. The standard InChI is InChI=1S/C10H14BrNO4S2/c1-8(7-17(2,13)14)12-18(15,16)10-6-4-3-5-9(10)11/h3-6,8,12H,7H2,1-2H3. The molecule has 1 atom stereocenters. The molecular formula is C10H14BrNO4S2. The van der Waals surface area contributed by atoms with Crippen molar-refractivity contribution in [2.24, 2.45) is 0 Å². The maximum Gasteiger partial charge on any atom is 0.241 e. The molecule has 1 unspecified atom stereocenters. The quantitative estimate of drug-likeness (QED) is 0.859. The second-order valence-corrected chi connectivity index (χ2v) is 8.77. The lowest BCUT2D eigenvalue weighted by Gasteiger charge is -2.14. The van der Waals surface area contributed by atoms with Gasteiger partial charge in [-0.25, -0.2) is 21.6 Å². The summed E-state index contributed by atoms with van der Waals surface area (Å²) in [6.45, 7) is 1.51. The van der Waals surface area contributed by atoms with E-state index in [0.29, 0.717) is 4.47 Å². The van der Waals surface area contributed by atoms with Crippen LogP contribution < -0.4 is 4.72 Å². The topological polar surface area (TPSA) is 80.3 Å². The molecule has 0 amide bonds. The monoisotopic (exact) mass is 355 g/mol. The third-order valence-electron chi connectivity index (χ3n) is 2.04. The molecule has 0 aliphatic heterocycles. The van der Waals surface area contributed by atoms with E-state index in [1.807, 2.05) is 0 Å². The van der Waals surface area contributed by atoms with Crippen LogP contribution in [0.1, 0.15) is 6.92 Å². The average Bonchev–Trinajstić information content (AvgIpc) is 2.13. The Labute approximate surface area is 116 Å². The molecule has 1 aromatic rings. The van der Waals surface area contributed by atoms with E-state index in [2.05, 4.69) is 20.7 Å². The van der Waals surface area contributed by atoms with Gasteiger partial charge in [-0.1, -0.05) is 12.1 Å². The fourth-order valence-corrected chi connectivity index (χ4v) is 4.82. The lowest BCUT2D eigenvalue weighted by molar-refractivity contribution is 0.564. The largest absolute Gasteiger partial charge is 0.241 e. The van der Waals surface area contributed by atoms with Crippen LogP contribution in [-0.2, 0) is 19.9 Å². The van der Waals surface area contributed by atoms with Gasteiger partial charge in [-0.05, 0) is 35.0 Å². The Balaban J connectivity index is 2.93. The van der Waals surface area contributed by atoms with Gasteiger partial charge >= 0.3 is 0 Å². The average molecular weight is 356 g/mol. The van der Waals surface area contributed by atoms with Crippen LogP contribution in [0.4, 0.5) is 0 Å². The Bertz CT molecular complexity index is 625. The van der Waals surface area contributed by atoms with Crippen molar-refractivity contribution in [3.63, 3.8) is 0 Å². The molecule has 102 valence electrons. The second kappa shape index (κ2) is 5.68.